The Bertz CT molecular complexity index is 1060. The molecule has 0 radical (unpaired) electrons. The zero-order valence-corrected chi connectivity index (χ0v) is 15.2. The number of anilines is 1. The van der Waals surface area contributed by atoms with Gasteiger partial charge >= 0.3 is 0 Å². The van der Waals surface area contributed by atoms with Gasteiger partial charge in [0.2, 0.25) is 5.91 Å². The topological polar surface area (TPSA) is 93.1 Å². The summed E-state index contributed by atoms with van der Waals surface area (Å²) < 4.78 is 1.35. The molecule has 0 saturated heterocycles. The van der Waals surface area contributed by atoms with Gasteiger partial charge in [-0.3, -0.25) is 19.0 Å². The molecule has 7 nitrogen and oxygen atoms in total. The van der Waals surface area contributed by atoms with Crippen LogP contribution in [-0.4, -0.2) is 27.9 Å². The number of aryl methyl sites for hydroxylation is 1. The summed E-state index contributed by atoms with van der Waals surface area (Å²) in [5.41, 5.74) is 1.42. The van der Waals surface area contributed by atoms with Crippen molar-refractivity contribution in [2.45, 2.75) is 20.4 Å². The van der Waals surface area contributed by atoms with E-state index in [1.807, 2.05) is 13.0 Å². The van der Waals surface area contributed by atoms with E-state index in [0.29, 0.717) is 34.5 Å². The highest BCUT2D eigenvalue weighted by Crippen LogP contribution is 2.11. The molecule has 2 N–H and O–H groups in total. The van der Waals surface area contributed by atoms with Gasteiger partial charge in [-0.1, -0.05) is 12.1 Å². The molecule has 0 spiro atoms. The summed E-state index contributed by atoms with van der Waals surface area (Å²) in [5, 5.41) is 5.92. The second kappa shape index (κ2) is 7.82. The lowest BCUT2D eigenvalue weighted by Crippen LogP contribution is -2.30. The van der Waals surface area contributed by atoms with Crippen LogP contribution < -0.4 is 16.2 Å². The van der Waals surface area contributed by atoms with Crippen molar-refractivity contribution in [3.63, 3.8) is 0 Å². The lowest BCUT2D eigenvalue weighted by molar-refractivity contribution is -0.116. The Kier molecular flexibility index (Phi) is 5.30. The number of amides is 2. The van der Waals surface area contributed by atoms with Gasteiger partial charge in [-0.2, -0.15) is 0 Å². The molecule has 2 amide bonds. The van der Waals surface area contributed by atoms with E-state index in [-0.39, 0.29) is 23.9 Å². The largest absolute Gasteiger partial charge is 0.352 e. The van der Waals surface area contributed by atoms with Crippen molar-refractivity contribution in [3.8, 4) is 0 Å². The van der Waals surface area contributed by atoms with Crippen molar-refractivity contribution in [2.24, 2.45) is 0 Å². The minimum Gasteiger partial charge on any atom is -0.352 e. The molecule has 0 aliphatic carbocycles. The molecular formula is C20H20N4O3. The van der Waals surface area contributed by atoms with Gasteiger partial charge in [-0.15, -0.1) is 0 Å². The maximum atomic E-state index is 12.6. The third-order valence-corrected chi connectivity index (χ3v) is 4.12. The number of hydrogen-bond acceptors (Lipinski definition) is 4. The van der Waals surface area contributed by atoms with Crippen LogP contribution in [-0.2, 0) is 11.3 Å². The molecule has 1 heterocycles. The van der Waals surface area contributed by atoms with Gasteiger partial charge in [-0.25, -0.2) is 4.98 Å². The molecule has 27 heavy (non-hydrogen) atoms. The van der Waals surface area contributed by atoms with Gasteiger partial charge in [-0.05, 0) is 50.2 Å². The first-order valence-electron chi connectivity index (χ1n) is 8.64. The Labute approximate surface area is 156 Å². The Balaban J connectivity index is 1.76. The van der Waals surface area contributed by atoms with Gasteiger partial charge in [0.1, 0.15) is 12.4 Å². The van der Waals surface area contributed by atoms with Crippen LogP contribution in [0.5, 0.6) is 0 Å². The number of hydrogen-bond donors (Lipinski definition) is 2. The van der Waals surface area contributed by atoms with Crippen LogP contribution in [0.25, 0.3) is 10.9 Å². The van der Waals surface area contributed by atoms with E-state index >= 15 is 0 Å². The van der Waals surface area contributed by atoms with Crippen molar-refractivity contribution in [3.05, 3.63) is 70.3 Å². The van der Waals surface area contributed by atoms with Crippen LogP contribution in [0, 0.1) is 6.92 Å². The summed E-state index contributed by atoms with van der Waals surface area (Å²) in [6, 6.07) is 13.6. The summed E-state index contributed by atoms with van der Waals surface area (Å²) in [4.78, 5) is 41.1. The molecule has 1 aromatic heterocycles. The fraction of sp³-hybridized carbons (Fsp3) is 0.200. The average molecular weight is 364 g/mol. The first kappa shape index (κ1) is 18.3. The zero-order valence-electron chi connectivity index (χ0n) is 15.2. The van der Waals surface area contributed by atoms with Crippen LogP contribution in [0.2, 0.25) is 0 Å². The third kappa shape index (κ3) is 4.03. The molecule has 0 atom stereocenters. The number of fused-ring (bicyclic) bond motifs is 1. The number of aromatic nitrogens is 2. The fourth-order valence-corrected chi connectivity index (χ4v) is 2.78. The van der Waals surface area contributed by atoms with Crippen molar-refractivity contribution in [1.82, 2.24) is 14.9 Å². The second-order valence-corrected chi connectivity index (χ2v) is 6.05. The SMILES string of the molecule is CCNC(=O)c1ccc(NC(=O)Cn2c(C)nc3ccccc3c2=O)cc1. The summed E-state index contributed by atoms with van der Waals surface area (Å²) in [7, 11) is 0. The van der Waals surface area contributed by atoms with Gasteiger partial charge < -0.3 is 10.6 Å². The molecule has 0 saturated carbocycles. The summed E-state index contributed by atoms with van der Waals surface area (Å²) in [5.74, 6) is -0.0386. The first-order chi connectivity index (χ1) is 13.0. The lowest BCUT2D eigenvalue weighted by Gasteiger charge is -2.11. The summed E-state index contributed by atoms with van der Waals surface area (Å²) in [6.45, 7) is 3.95. The van der Waals surface area contributed by atoms with E-state index in [9.17, 15) is 14.4 Å². The highest BCUT2D eigenvalue weighted by molar-refractivity contribution is 5.95. The molecule has 0 bridgehead atoms. The Morgan fingerprint density at radius 1 is 1.07 bits per heavy atom. The highest BCUT2D eigenvalue weighted by Gasteiger charge is 2.12. The maximum absolute atomic E-state index is 12.6. The van der Waals surface area contributed by atoms with Crippen molar-refractivity contribution >= 4 is 28.4 Å². The predicted molar refractivity (Wildman–Crippen MR) is 104 cm³/mol. The molecule has 2 aromatic carbocycles. The van der Waals surface area contributed by atoms with Gasteiger partial charge in [0, 0.05) is 17.8 Å². The number of nitrogens with zero attached hydrogens (tertiary/aromatic N) is 2. The number of benzene rings is 2. The molecule has 3 aromatic rings. The molecular weight excluding hydrogens is 344 g/mol. The number of para-hydroxylation sites is 1. The van der Waals surface area contributed by atoms with Crippen molar-refractivity contribution in [1.29, 1.82) is 0 Å². The van der Waals surface area contributed by atoms with Crippen LogP contribution in [0.1, 0.15) is 23.1 Å². The molecule has 7 heteroatoms. The number of nitrogens with one attached hydrogen (secondary N) is 2. The number of carbonyl (C=O) groups is 2. The average Bonchev–Trinajstić information content (AvgIpc) is 2.66. The van der Waals surface area contributed by atoms with E-state index < -0.39 is 0 Å². The number of carbonyl (C=O) groups excluding carboxylic acids is 2. The molecule has 3 rings (SSSR count). The highest BCUT2D eigenvalue weighted by atomic mass is 16.2. The van der Waals surface area contributed by atoms with Crippen LogP contribution in [0.15, 0.2) is 53.3 Å². The predicted octanol–water partition coefficient (Wildman–Crippen LogP) is 2.09. The summed E-state index contributed by atoms with van der Waals surface area (Å²) in [6.07, 6.45) is 0. The maximum Gasteiger partial charge on any atom is 0.261 e. The third-order valence-electron chi connectivity index (χ3n) is 4.12. The molecule has 0 fully saturated rings. The smallest absolute Gasteiger partial charge is 0.261 e. The van der Waals surface area contributed by atoms with Gasteiger partial charge in [0.15, 0.2) is 0 Å². The normalized spacial score (nSPS) is 10.6. The van der Waals surface area contributed by atoms with E-state index in [1.54, 1.807) is 49.4 Å². The first-order valence-corrected chi connectivity index (χ1v) is 8.64. The van der Waals surface area contributed by atoms with Gasteiger partial charge in [0.25, 0.3) is 11.5 Å². The molecule has 138 valence electrons. The minimum atomic E-state index is -0.344. The van der Waals surface area contributed by atoms with E-state index in [0.717, 1.165) is 0 Å². The van der Waals surface area contributed by atoms with Crippen LogP contribution in [0.4, 0.5) is 5.69 Å². The lowest BCUT2D eigenvalue weighted by atomic mass is 10.2. The van der Waals surface area contributed by atoms with E-state index in [4.69, 9.17) is 0 Å². The van der Waals surface area contributed by atoms with E-state index in [1.165, 1.54) is 4.57 Å². The van der Waals surface area contributed by atoms with Gasteiger partial charge in [0.05, 0.1) is 10.9 Å². The number of rotatable bonds is 5. The minimum absolute atomic E-state index is 0.138. The quantitative estimate of drug-likeness (QED) is 0.725. The molecule has 0 aliphatic rings. The Morgan fingerprint density at radius 2 is 1.78 bits per heavy atom. The van der Waals surface area contributed by atoms with E-state index in [2.05, 4.69) is 15.6 Å². The Hall–Kier alpha value is -3.48. The second-order valence-electron chi connectivity index (χ2n) is 6.05. The molecule has 0 unspecified atom stereocenters. The van der Waals surface area contributed by atoms with Crippen molar-refractivity contribution in [2.75, 3.05) is 11.9 Å². The fourth-order valence-electron chi connectivity index (χ4n) is 2.78. The zero-order chi connectivity index (χ0) is 19.4. The monoisotopic (exact) mass is 364 g/mol. The summed E-state index contributed by atoms with van der Waals surface area (Å²) >= 11 is 0. The standard InChI is InChI=1S/C20H20N4O3/c1-3-21-19(26)14-8-10-15(11-9-14)23-18(25)12-24-13(2)22-17-7-5-4-6-16(17)20(24)27/h4-11H,3,12H2,1-2H3,(H,21,26)(H,23,25). The molecule has 0 aliphatic heterocycles. The van der Waals surface area contributed by atoms with Crippen LogP contribution in [0.3, 0.4) is 0 Å². The Morgan fingerprint density at radius 3 is 2.48 bits per heavy atom. The van der Waals surface area contributed by atoms with Crippen molar-refractivity contribution < 1.29 is 9.59 Å². The van der Waals surface area contributed by atoms with Crippen LogP contribution >= 0.6 is 0 Å².